The van der Waals surface area contributed by atoms with E-state index in [1.807, 2.05) is 36.4 Å². The minimum Gasteiger partial charge on any atom is -0.278 e. The Morgan fingerprint density at radius 2 is 0.851 bits per heavy atom. The van der Waals surface area contributed by atoms with Crippen molar-refractivity contribution in [3.05, 3.63) is 170 Å². The van der Waals surface area contributed by atoms with Gasteiger partial charge in [0.2, 0.25) is 5.95 Å². The van der Waals surface area contributed by atoms with Gasteiger partial charge in [-0.15, -0.1) is 0 Å². The number of para-hydroxylation sites is 1. The highest BCUT2D eigenvalue weighted by Gasteiger charge is 2.19. The smallest absolute Gasteiger partial charge is 0.238 e. The van der Waals surface area contributed by atoms with E-state index in [0.717, 1.165) is 33.1 Å². The van der Waals surface area contributed by atoms with E-state index >= 15 is 0 Å². The number of aromatic nitrogens is 4. The van der Waals surface area contributed by atoms with Gasteiger partial charge >= 0.3 is 0 Å². The van der Waals surface area contributed by atoms with Gasteiger partial charge in [-0.25, -0.2) is 4.98 Å². The van der Waals surface area contributed by atoms with Gasteiger partial charge in [-0.1, -0.05) is 152 Å². The molecular weight excluding hydrogens is 573 g/mol. The van der Waals surface area contributed by atoms with Gasteiger partial charge in [0.05, 0.1) is 11.0 Å². The Balaban J connectivity index is 1.26. The Bertz CT molecular complexity index is 2540. The summed E-state index contributed by atoms with van der Waals surface area (Å²) < 4.78 is 2.19. The quantitative estimate of drug-likeness (QED) is 0.197. The summed E-state index contributed by atoms with van der Waals surface area (Å²) in [4.78, 5) is 15.3. The van der Waals surface area contributed by atoms with Gasteiger partial charge in [-0.2, -0.15) is 9.97 Å². The molecule has 0 N–H and O–H groups in total. The van der Waals surface area contributed by atoms with Gasteiger partial charge in [0.25, 0.3) is 0 Å². The van der Waals surface area contributed by atoms with Crippen LogP contribution in [-0.4, -0.2) is 19.5 Å². The normalized spacial score (nSPS) is 11.4. The molecule has 47 heavy (non-hydrogen) atoms. The molecule has 4 heteroatoms. The summed E-state index contributed by atoms with van der Waals surface area (Å²) in [5, 5.41) is 4.75. The predicted octanol–water partition coefficient (Wildman–Crippen LogP) is 10.8. The summed E-state index contributed by atoms with van der Waals surface area (Å²) in [5.74, 6) is 1.86. The second-order valence-corrected chi connectivity index (χ2v) is 11.7. The van der Waals surface area contributed by atoms with Crippen molar-refractivity contribution < 1.29 is 0 Å². The standard InChI is InChI=1S/C43H28N4/c1-4-12-29(13-5-1)31-20-22-33(23-21-31)42-44-41(32-16-8-3-9-17-32)45-43(46-42)47-38-19-11-10-18-37(38)40-36-26-24-34(30-14-6-2-7-15-30)28-35(36)25-27-39(40)47/h1-28H. The van der Waals surface area contributed by atoms with Crippen LogP contribution in [0.25, 0.3) is 83.6 Å². The van der Waals surface area contributed by atoms with Gasteiger partial charge in [0.1, 0.15) is 0 Å². The van der Waals surface area contributed by atoms with Gasteiger partial charge in [-0.3, -0.25) is 4.57 Å². The van der Waals surface area contributed by atoms with Crippen molar-refractivity contribution in [2.75, 3.05) is 0 Å². The van der Waals surface area contributed by atoms with Crippen LogP contribution in [0.4, 0.5) is 0 Å². The molecule has 0 aliphatic rings. The van der Waals surface area contributed by atoms with Crippen molar-refractivity contribution in [3.8, 4) is 51.0 Å². The summed E-state index contributed by atoms with van der Waals surface area (Å²) in [7, 11) is 0. The maximum Gasteiger partial charge on any atom is 0.238 e. The van der Waals surface area contributed by atoms with E-state index in [1.165, 1.54) is 32.8 Å². The minimum atomic E-state index is 0.590. The first kappa shape index (κ1) is 27.0. The number of hydrogen-bond acceptors (Lipinski definition) is 3. The first-order valence-corrected chi connectivity index (χ1v) is 15.8. The molecule has 0 aliphatic carbocycles. The molecule has 0 bridgehead atoms. The molecule has 0 spiro atoms. The lowest BCUT2D eigenvalue weighted by molar-refractivity contribution is 0.953. The molecule has 0 saturated heterocycles. The Morgan fingerprint density at radius 1 is 0.340 bits per heavy atom. The number of fused-ring (bicyclic) bond motifs is 5. The average molecular weight is 601 g/mol. The highest BCUT2D eigenvalue weighted by Crippen LogP contribution is 2.38. The molecular formula is C43H28N4. The first-order chi connectivity index (χ1) is 23.3. The third kappa shape index (κ3) is 4.75. The molecule has 0 atom stereocenters. The number of hydrogen-bond donors (Lipinski definition) is 0. The fourth-order valence-electron chi connectivity index (χ4n) is 6.58. The van der Waals surface area contributed by atoms with E-state index in [0.29, 0.717) is 17.6 Å². The number of rotatable bonds is 5. The van der Waals surface area contributed by atoms with Crippen LogP contribution in [0.1, 0.15) is 0 Å². The van der Waals surface area contributed by atoms with Crippen molar-refractivity contribution in [2.45, 2.75) is 0 Å². The second-order valence-electron chi connectivity index (χ2n) is 11.7. The molecule has 9 rings (SSSR count). The van der Waals surface area contributed by atoms with Gasteiger partial charge in [0, 0.05) is 21.9 Å². The maximum absolute atomic E-state index is 5.15. The van der Waals surface area contributed by atoms with Gasteiger partial charge in [-0.05, 0) is 51.2 Å². The van der Waals surface area contributed by atoms with Crippen molar-refractivity contribution in [3.63, 3.8) is 0 Å². The van der Waals surface area contributed by atoms with Gasteiger partial charge in [0.15, 0.2) is 11.6 Å². The number of benzene rings is 7. The summed E-state index contributed by atoms with van der Waals surface area (Å²) in [6.45, 7) is 0. The molecule has 9 aromatic rings. The van der Waals surface area contributed by atoms with E-state index < -0.39 is 0 Å². The molecule has 7 aromatic carbocycles. The van der Waals surface area contributed by atoms with E-state index in [1.54, 1.807) is 0 Å². The first-order valence-electron chi connectivity index (χ1n) is 15.8. The SMILES string of the molecule is c1ccc(-c2ccc(-c3nc(-c4ccccc4)nc(-n4c5ccccc5c5c6ccc(-c7ccccc7)cc6ccc54)n3)cc2)cc1. The highest BCUT2D eigenvalue weighted by atomic mass is 15.2. The third-order valence-corrected chi connectivity index (χ3v) is 8.87. The fourth-order valence-corrected chi connectivity index (χ4v) is 6.58. The van der Waals surface area contributed by atoms with Crippen molar-refractivity contribution in [1.29, 1.82) is 0 Å². The Kier molecular flexibility index (Phi) is 6.43. The molecule has 220 valence electrons. The molecule has 0 unspecified atom stereocenters. The lowest BCUT2D eigenvalue weighted by Gasteiger charge is -2.11. The molecule has 4 nitrogen and oxygen atoms in total. The molecule has 2 heterocycles. The average Bonchev–Trinajstić information content (AvgIpc) is 3.50. The van der Waals surface area contributed by atoms with Crippen LogP contribution in [0.2, 0.25) is 0 Å². The molecule has 2 aromatic heterocycles. The molecule has 0 radical (unpaired) electrons. The fraction of sp³-hybridized carbons (Fsp3) is 0. The van der Waals surface area contributed by atoms with E-state index in [9.17, 15) is 0 Å². The van der Waals surface area contributed by atoms with Crippen molar-refractivity contribution >= 4 is 32.6 Å². The van der Waals surface area contributed by atoms with Crippen LogP contribution in [0.15, 0.2) is 170 Å². The lowest BCUT2D eigenvalue weighted by Crippen LogP contribution is -2.06. The maximum atomic E-state index is 5.15. The zero-order valence-corrected chi connectivity index (χ0v) is 25.5. The van der Waals surface area contributed by atoms with Crippen LogP contribution in [0, 0.1) is 0 Å². The molecule has 0 aliphatic heterocycles. The van der Waals surface area contributed by atoms with Crippen LogP contribution in [0.5, 0.6) is 0 Å². The zero-order valence-electron chi connectivity index (χ0n) is 25.5. The van der Waals surface area contributed by atoms with E-state index in [-0.39, 0.29) is 0 Å². The summed E-state index contributed by atoms with van der Waals surface area (Å²) in [6.07, 6.45) is 0. The summed E-state index contributed by atoms with van der Waals surface area (Å²) >= 11 is 0. The Labute approximate surface area is 272 Å². The number of nitrogens with zero attached hydrogens (tertiary/aromatic N) is 4. The van der Waals surface area contributed by atoms with Crippen molar-refractivity contribution in [1.82, 2.24) is 19.5 Å². The van der Waals surface area contributed by atoms with E-state index in [2.05, 4.69) is 138 Å². The lowest BCUT2D eigenvalue weighted by atomic mass is 9.98. The largest absolute Gasteiger partial charge is 0.278 e. The second kappa shape index (κ2) is 11.2. The van der Waals surface area contributed by atoms with Crippen LogP contribution < -0.4 is 0 Å². The van der Waals surface area contributed by atoms with Gasteiger partial charge < -0.3 is 0 Å². The topological polar surface area (TPSA) is 43.6 Å². The highest BCUT2D eigenvalue weighted by molar-refractivity contribution is 6.21. The van der Waals surface area contributed by atoms with Crippen LogP contribution in [0.3, 0.4) is 0 Å². The van der Waals surface area contributed by atoms with Crippen molar-refractivity contribution in [2.24, 2.45) is 0 Å². The molecule has 0 saturated carbocycles. The van der Waals surface area contributed by atoms with E-state index in [4.69, 9.17) is 15.0 Å². The summed E-state index contributed by atoms with van der Waals surface area (Å²) in [5.41, 5.74) is 8.72. The molecule has 0 amide bonds. The van der Waals surface area contributed by atoms with Crippen LogP contribution >= 0.6 is 0 Å². The summed E-state index contributed by atoms with van der Waals surface area (Å²) in [6, 6.07) is 59.2. The minimum absolute atomic E-state index is 0.590. The van der Waals surface area contributed by atoms with Crippen LogP contribution in [-0.2, 0) is 0 Å². The Morgan fingerprint density at radius 3 is 1.53 bits per heavy atom. The Hall–Kier alpha value is -6.39. The monoisotopic (exact) mass is 600 g/mol. The third-order valence-electron chi connectivity index (χ3n) is 8.87. The predicted molar refractivity (Wildman–Crippen MR) is 193 cm³/mol. The zero-order chi connectivity index (χ0) is 31.2. The molecule has 0 fully saturated rings.